The minimum atomic E-state index is -0.401. The Kier molecular flexibility index (Phi) is 5.05. The highest BCUT2D eigenvalue weighted by Gasteiger charge is 2.24. The molecule has 2 aromatic carbocycles. The Bertz CT molecular complexity index is 1000. The smallest absolute Gasteiger partial charge is 0.165 e. The zero-order valence-corrected chi connectivity index (χ0v) is 16.2. The largest absolute Gasteiger partial charge is 0.493 e. The van der Waals surface area contributed by atoms with Crippen molar-refractivity contribution in [1.29, 1.82) is 0 Å². The fourth-order valence-corrected chi connectivity index (χ4v) is 3.44. The van der Waals surface area contributed by atoms with Gasteiger partial charge in [-0.1, -0.05) is 6.07 Å². The summed E-state index contributed by atoms with van der Waals surface area (Å²) in [6.45, 7) is 4.54. The highest BCUT2D eigenvalue weighted by Crippen LogP contribution is 2.37. The highest BCUT2D eigenvalue weighted by atomic mass is 19.1. The molecule has 0 unspecified atom stereocenters. The number of ether oxygens (including phenoxy) is 3. The number of methoxy groups -OCH3 is 1. The van der Waals surface area contributed by atoms with E-state index in [0.717, 1.165) is 24.0 Å². The van der Waals surface area contributed by atoms with Crippen molar-refractivity contribution >= 4 is 10.9 Å². The number of benzene rings is 2. The lowest BCUT2D eigenvalue weighted by molar-refractivity contribution is 0.0846. The van der Waals surface area contributed by atoms with Gasteiger partial charge in [0.1, 0.15) is 5.75 Å². The maximum Gasteiger partial charge on any atom is 0.165 e. The first kappa shape index (κ1) is 18.5. The third kappa shape index (κ3) is 3.73. The Labute approximate surface area is 163 Å². The van der Waals surface area contributed by atoms with Gasteiger partial charge in [-0.15, -0.1) is 0 Å². The average Bonchev–Trinajstić information content (AvgIpc) is 2.66. The first-order valence-electron chi connectivity index (χ1n) is 9.25. The Hall–Kier alpha value is -2.86. The molecule has 6 heteroatoms. The molecule has 0 atom stereocenters. The molecule has 0 N–H and O–H groups in total. The fourth-order valence-electron chi connectivity index (χ4n) is 3.44. The van der Waals surface area contributed by atoms with Crippen molar-refractivity contribution in [3.8, 4) is 23.0 Å². The van der Waals surface area contributed by atoms with Gasteiger partial charge in [0.15, 0.2) is 23.1 Å². The SMILES string of the molecule is COc1cc2c(Oc3ccc(C)cc3F)ccnc2cc1OCC1CN(C)C1. The molecule has 1 aromatic heterocycles. The van der Waals surface area contributed by atoms with Gasteiger partial charge in [-0.2, -0.15) is 0 Å². The number of aryl methyl sites for hydroxylation is 1. The molecule has 0 amide bonds. The molecule has 2 heterocycles. The van der Waals surface area contributed by atoms with Gasteiger partial charge in [-0.25, -0.2) is 4.39 Å². The van der Waals surface area contributed by atoms with Crippen LogP contribution in [0.3, 0.4) is 0 Å². The van der Waals surface area contributed by atoms with Crippen LogP contribution in [0.4, 0.5) is 4.39 Å². The third-order valence-corrected chi connectivity index (χ3v) is 4.91. The highest BCUT2D eigenvalue weighted by molar-refractivity contribution is 5.88. The predicted molar refractivity (Wildman–Crippen MR) is 106 cm³/mol. The number of fused-ring (bicyclic) bond motifs is 1. The molecule has 0 radical (unpaired) electrons. The van der Waals surface area contributed by atoms with E-state index in [1.54, 1.807) is 25.4 Å². The van der Waals surface area contributed by atoms with Gasteiger partial charge in [0.05, 0.1) is 19.2 Å². The second kappa shape index (κ2) is 7.64. The molecule has 0 spiro atoms. The summed E-state index contributed by atoms with van der Waals surface area (Å²) in [6.07, 6.45) is 1.64. The third-order valence-electron chi connectivity index (χ3n) is 4.91. The van der Waals surface area contributed by atoms with Crippen LogP contribution in [-0.4, -0.2) is 43.7 Å². The maximum absolute atomic E-state index is 14.2. The molecule has 1 saturated heterocycles. The second-order valence-corrected chi connectivity index (χ2v) is 7.26. The minimum absolute atomic E-state index is 0.173. The van der Waals surface area contributed by atoms with Gasteiger partial charge in [-0.3, -0.25) is 4.98 Å². The van der Waals surface area contributed by atoms with E-state index < -0.39 is 5.82 Å². The van der Waals surface area contributed by atoms with Crippen molar-refractivity contribution in [1.82, 2.24) is 9.88 Å². The van der Waals surface area contributed by atoms with Gasteiger partial charge in [0.25, 0.3) is 0 Å². The molecule has 0 saturated carbocycles. The first-order valence-corrected chi connectivity index (χ1v) is 9.25. The van der Waals surface area contributed by atoms with Crippen molar-refractivity contribution in [2.24, 2.45) is 5.92 Å². The number of aromatic nitrogens is 1. The lowest BCUT2D eigenvalue weighted by Crippen LogP contribution is -2.46. The van der Waals surface area contributed by atoms with Crippen molar-refractivity contribution in [3.63, 3.8) is 0 Å². The number of pyridine rings is 1. The lowest BCUT2D eigenvalue weighted by Gasteiger charge is -2.35. The van der Waals surface area contributed by atoms with Gasteiger partial charge in [0, 0.05) is 36.7 Å². The average molecular weight is 382 g/mol. The summed E-state index contributed by atoms with van der Waals surface area (Å²) in [5.41, 5.74) is 1.54. The van der Waals surface area contributed by atoms with Crippen molar-refractivity contribution in [2.45, 2.75) is 6.92 Å². The Morgan fingerprint density at radius 2 is 1.89 bits per heavy atom. The monoisotopic (exact) mass is 382 g/mol. The minimum Gasteiger partial charge on any atom is -0.493 e. The van der Waals surface area contributed by atoms with E-state index in [-0.39, 0.29) is 5.75 Å². The zero-order chi connectivity index (χ0) is 19.7. The summed E-state index contributed by atoms with van der Waals surface area (Å²) in [5, 5.41) is 0.732. The first-order chi connectivity index (χ1) is 13.5. The van der Waals surface area contributed by atoms with Gasteiger partial charge < -0.3 is 19.1 Å². The van der Waals surface area contributed by atoms with E-state index >= 15 is 0 Å². The van der Waals surface area contributed by atoms with Crippen molar-refractivity contribution < 1.29 is 18.6 Å². The van der Waals surface area contributed by atoms with E-state index in [2.05, 4.69) is 16.9 Å². The Balaban J connectivity index is 1.63. The zero-order valence-electron chi connectivity index (χ0n) is 16.2. The topological polar surface area (TPSA) is 43.8 Å². The lowest BCUT2D eigenvalue weighted by atomic mass is 10.0. The van der Waals surface area contributed by atoms with Gasteiger partial charge in [-0.05, 0) is 43.8 Å². The summed E-state index contributed by atoms with van der Waals surface area (Å²) >= 11 is 0. The number of halogens is 1. The number of nitrogens with zero attached hydrogens (tertiary/aromatic N) is 2. The van der Waals surface area contributed by atoms with Crippen molar-refractivity contribution in [3.05, 3.63) is 54.0 Å². The van der Waals surface area contributed by atoms with Gasteiger partial charge in [0.2, 0.25) is 0 Å². The van der Waals surface area contributed by atoms with E-state index in [1.165, 1.54) is 6.07 Å². The molecular weight excluding hydrogens is 359 g/mol. The molecule has 0 aliphatic carbocycles. The molecule has 146 valence electrons. The van der Waals surface area contributed by atoms with E-state index in [1.807, 2.05) is 25.1 Å². The second-order valence-electron chi connectivity index (χ2n) is 7.26. The standard InChI is InChI=1S/C22H23FN2O3/c1-14-4-5-20(17(23)8-14)28-19-6-7-24-18-10-22(21(26-3)9-16(18)19)27-13-15-11-25(2)12-15/h4-10,15H,11-13H2,1-3H3. The van der Waals surface area contributed by atoms with Crippen LogP contribution in [0.5, 0.6) is 23.0 Å². The predicted octanol–water partition coefficient (Wildman–Crippen LogP) is 4.42. The van der Waals surface area contributed by atoms with Crippen LogP contribution in [0.2, 0.25) is 0 Å². The van der Waals surface area contributed by atoms with E-state index in [4.69, 9.17) is 14.2 Å². The van der Waals surface area contributed by atoms with Crippen molar-refractivity contribution in [2.75, 3.05) is 33.9 Å². The fraction of sp³-hybridized carbons (Fsp3) is 0.318. The summed E-state index contributed by atoms with van der Waals surface area (Å²) in [7, 11) is 3.69. The van der Waals surface area contributed by atoms with Crippen LogP contribution in [-0.2, 0) is 0 Å². The number of rotatable bonds is 6. The molecule has 0 bridgehead atoms. The molecule has 5 nitrogen and oxygen atoms in total. The van der Waals surface area contributed by atoms with Crippen LogP contribution in [0.25, 0.3) is 10.9 Å². The van der Waals surface area contributed by atoms with Gasteiger partial charge >= 0.3 is 0 Å². The molecule has 4 rings (SSSR count). The normalized spacial score (nSPS) is 14.7. The molecule has 28 heavy (non-hydrogen) atoms. The number of likely N-dealkylation sites (tertiary alicyclic amines) is 1. The molecule has 1 fully saturated rings. The Morgan fingerprint density at radius 1 is 1.07 bits per heavy atom. The molecule has 1 aliphatic rings. The van der Waals surface area contributed by atoms with Crippen LogP contribution in [0.1, 0.15) is 5.56 Å². The van der Waals surface area contributed by atoms with Crippen LogP contribution in [0, 0.1) is 18.7 Å². The quantitative estimate of drug-likeness (QED) is 0.631. The summed E-state index contributed by atoms with van der Waals surface area (Å²) < 4.78 is 31.5. The Morgan fingerprint density at radius 3 is 2.61 bits per heavy atom. The van der Waals surface area contributed by atoms with Crippen LogP contribution >= 0.6 is 0 Å². The number of hydrogen-bond donors (Lipinski definition) is 0. The maximum atomic E-state index is 14.2. The number of hydrogen-bond acceptors (Lipinski definition) is 5. The van der Waals surface area contributed by atoms with Crippen LogP contribution in [0.15, 0.2) is 42.6 Å². The summed E-state index contributed by atoms with van der Waals surface area (Å²) in [4.78, 5) is 6.66. The van der Waals surface area contributed by atoms with Crippen LogP contribution < -0.4 is 14.2 Å². The molecular formula is C22H23FN2O3. The molecule has 3 aromatic rings. The van der Waals surface area contributed by atoms with E-state index in [0.29, 0.717) is 35.3 Å². The summed E-state index contributed by atoms with van der Waals surface area (Å²) in [5.74, 6) is 2.06. The van der Waals surface area contributed by atoms with E-state index in [9.17, 15) is 4.39 Å². The summed E-state index contributed by atoms with van der Waals surface area (Å²) in [6, 6.07) is 10.3. The molecule has 1 aliphatic heterocycles.